The molecule has 0 aliphatic heterocycles. The number of benzene rings is 1. The van der Waals surface area contributed by atoms with Crippen molar-refractivity contribution in [3.8, 4) is 11.5 Å². The quantitative estimate of drug-likeness (QED) is 0.207. The Morgan fingerprint density at radius 1 is 1.33 bits per heavy atom. The summed E-state index contributed by atoms with van der Waals surface area (Å²) in [7, 11) is 7.17. The second-order valence-corrected chi connectivity index (χ2v) is 5.32. The summed E-state index contributed by atoms with van der Waals surface area (Å²) in [5.74, 6) is -0.233. The van der Waals surface area contributed by atoms with Crippen LogP contribution in [0.15, 0.2) is 6.07 Å². The van der Waals surface area contributed by atoms with Gasteiger partial charge in [-0.1, -0.05) is 11.6 Å². The predicted molar refractivity (Wildman–Crippen MR) is 82.5 cm³/mol. The Bertz CT molecular complexity index is 596. The number of phenols is 2. The number of hydrogen-bond acceptors (Lipinski definition) is 3. The van der Waals surface area contributed by atoms with Gasteiger partial charge >= 0.3 is 12.0 Å². The first-order chi connectivity index (χ1) is 9.65. The molecule has 0 fully saturated rings. The fourth-order valence-corrected chi connectivity index (χ4v) is 2.07. The zero-order valence-corrected chi connectivity index (χ0v) is 13.4. The SMILES string of the molecule is Cc1cc(O)c(O)c(Cl)c1NC(=O)NC(N(C)C)=[N+](C)C. The number of aromatic hydroxyl groups is 2. The largest absolute Gasteiger partial charge is 0.504 e. The summed E-state index contributed by atoms with van der Waals surface area (Å²) < 4.78 is 1.74. The van der Waals surface area contributed by atoms with Crippen LogP contribution < -0.4 is 10.6 Å². The van der Waals surface area contributed by atoms with Gasteiger partial charge in [0.25, 0.3) is 0 Å². The molecule has 0 aliphatic rings. The van der Waals surface area contributed by atoms with Gasteiger partial charge in [-0.05, 0) is 18.6 Å². The number of guanidine groups is 1. The molecule has 1 aromatic rings. The molecule has 0 saturated carbocycles. The number of urea groups is 1. The van der Waals surface area contributed by atoms with Crippen LogP contribution in [0.25, 0.3) is 0 Å². The number of halogens is 1. The highest BCUT2D eigenvalue weighted by Crippen LogP contribution is 2.40. The minimum absolute atomic E-state index is 0.112. The summed E-state index contributed by atoms with van der Waals surface area (Å²) in [5, 5.41) is 24.2. The standard InChI is InChI=1S/C13H19ClN4O3/c1-7-6-8(19)11(20)9(14)10(7)15-12(21)16-13(17(2)3)18(4)5/h6H,1-5H3,(H3,15,19,20,21)/p+1. The molecule has 21 heavy (non-hydrogen) atoms. The first kappa shape index (κ1) is 16.9. The third kappa shape index (κ3) is 3.91. The topological polar surface area (TPSA) is 87.8 Å². The monoisotopic (exact) mass is 315 g/mol. The number of hydrogen-bond donors (Lipinski definition) is 4. The van der Waals surface area contributed by atoms with Crippen LogP contribution in [0.4, 0.5) is 10.5 Å². The Kier molecular flexibility index (Phi) is 5.26. The van der Waals surface area contributed by atoms with E-state index in [4.69, 9.17) is 11.6 Å². The van der Waals surface area contributed by atoms with Crippen molar-refractivity contribution in [2.24, 2.45) is 0 Å². The van der Waals surface area contributed by atoms with Gasteiger partial charge in [-0.15, -0.1) is 0 Å². The lowest BCUT2D eigenvalue weighted by Crippen LogP contribution is -2.46. The Labute approximate surface area is 128 Å². The lowest BCUT2D eigenvalue weighted by Gasteiger charge is -2.14. The fourth-order valence-electron chi connectivity index (χ4n) is 1.77. The van der Waals surface area contributed by atoms with Crippen molar-refractivity contribution in [2.45, 2.75) is 6.92 Å². The molecule has 8 heteroatoms. The molecule has 0 heterocycles. The van der Waals surface area contributed by atoms with Crippen molar-refractivity contribution < 1.29 is 19.6 Å². The van der Waals surface area contributed by atoms with Crippen molar-refractivity contribution in [2.75, 3.05) is 33.5 Å². The van der Waals surface area contributed by atoms with Crippen molar-refractivity contribution in [1.29, 1.82) is 0 Å². The van der Waals surface area contributed by atoms with Gasteiger partial charge in [0.1, 0.15) is 5.02 Å². The summed E-state index contributed by atoms with van der Waals surface area (Å²) >= 11 is 5.93. The maximum atomic E-state index is 12.0. The minimum atomic E-state index is -0.512. The van der Waals surface area contributed by atoms with Crippen molar-refractivity contribution in [3.05, 3.63) is 16.7 Å². The van der Waals surface area contributed by atoms with E-state index in [-0.39, 0.29) is 16.5 Å². The summed E-state index contributed by atoms with van der Waals surface area (Å²) in [6.07, 6.45) is 0. The molecule has 116 valence electrons. The molecule has 7 nitrogen and oxygen atoms in total. The van der Waals surface area contributed by atoms with E-state index in [1.165, 1.54) is 6.07 Å². The fraction of sp³-hybridized carbons (Fsp3) is 0.385. The maximum Gasteiger partial charge on any atom is 0.384 e. The summed E-state index contributed by atoms with van der Waals surface area (Å²) in [5.41, 5.74) is 0.767. The van der Waals surface area contributed by atoms with E-state index in [1.807, 2.05) is 0 Å². The third-order valence-electron chi connectivity index (χ3n) is 2.73. The average molecular weight is 316 g/mol. The van der Waals surface area contributed by atoms with E-state index < -0.39 is 11.8 Å². The van der Waals surface area contributed by atoms with Gasteiger partial charge in [0.05, 0.1) is 33.9 Å². The van der Waals surface area contributed by atoms with Crippen LogP contribution in [0.2, 0.25) is 5.02 Å². The number of amides is 2. The minimum Gasteiger partial charge on any atom is -0.504 e. The van der Waals surface area contributed by atoms with Gasteiger partial charge in [0.2, 0.25) is 0 Å². The van der Waals surface area contributed by atoms with Gasteiger partial charge in [0.15, 0.2) is 11.5 Å². The highest BCUT2D eigenvalue weighted by molar-refractivity contribution is 6.35. The molecule has 0 bridgehead atoms. The van der Waals surface area contributed by atoms with Gasteiger partial charge in [0, 0.05) is 0 Å². The van der Waals surface area contributed by atoms with E-state index in [2.05, 4.69) is 10.6 Å². The number of nitrogens with one attached hydrogen (secondary N) is 2. The van der Waals surface area contributed by atoms with Gasteiger partial charge in [-0.3, -0.25) is 14.8 Å². The van der Waals surface area contributed by atoms with E-state index in [0.717, 1.165) is 0 Å². The first-order valence-electron chi connectivity index (χ1n) is 6.15. The highest BCUT2D eigenvalue weighted by Gasteiger charge is 2.20. The Morgan fingerprint density at radius 2 is 1.90 bits per heavy atom. The average Bonchev–Trinajstić information content (AvgIpc) is 2.37. The number of aryl methyl sites for hydroxylation is 1. The molecule has 0 saturated heterocycles. The summed E-state index contributed by atoms with van der Waals surface area (Å²) in [6, 6.07) is 0.807. The van der Waals surface area contributed by atoms with Crippen LogP contribution in [-0.4, -0.2) is 59.9 Å². The van der Waals surface area contributed by atoms with E-state index in [9.17, 15) is 15.0 Å². The molecule has 0 aliphatic carbocycles. The smallest absolute Gasteiger partial charge is 0.384 e. The molecular formula is C13H20ClN4O3+. The van der Waals surface area contributed by atoms with Crippen molar-refractivity contribution in [1.82, 2.24) is 10.2 Å². The zero-order valence-electron chi connectivity index (χ0n) is 12.7. The van der Waals surface area contributed by atoms with Gasteiger partial charge in [-0.25, -0.2) is 4.79 Å². The number of carbonyl (C=O) groups is 1. The first-order valence-corrected chi connectivity index (χ1v) is 6.53. The van der Waals surface area contributed by atoms with Crippen molar-refractivity contribution in [3.63, 3.8) is 0 Å². The van der Waals surface area contributed by atoms with Crippen LogP contribution >= 0.6 is 11.6 Å². The third-order valence-corrected chi connectivity index (χ3v) is 3.10. The summed E-state index contributed by atoms with van der Waals surface area (Å²) in [4.78, 5) is 13.8. The number of anilines is 1. The molecule has 2 amide bonds. The predicted octanol–water partition coefficient (Wildman–Crippen LogP) is 1.37. The molecular weight excluding hydrogens is 296 g/mol. The second-order valence-electron chi connectivity index (χ2n) is 4.94. The highest BCUT2D eigenvalue weighted by atomic mass is 35.5. The van der Waals surface area contributed by atoms with Crippen LogP contribution in [0, 0.1) is 6.92 Å². The molecule has 0 atom stereocenters. The Balaban J connectivity index is 3.00. The van der Waals surface area contributed by atoms with Gasteiger partial charge in [-0.2, -0.15) is 5.32 Å². The maximum absolute atomic E-state index is 12.0. The van der Waals surface area contributed by atoms with E-state index >= 15 is 0 Å². The molecule has 0 unspecified atom stereocenters. The van der Waals surface area contributed by atoms with Crippen LogP contribution in [0.1, 0.15) is 5.56 Å². The van der Waals surface area contributed by atoms with Crippen LogP contribution in [0.3, 0.4) is 0 Å². The number of rotatable bonds is 1. The summed E-state index contributed by atoms with van der Waals surface area (Å²) in [6.45, 7) is 1.66. The van der Waals surface area contributed by atoms with E-state index in [1.54, 1.807) is 44.6 Å². The molecule has 0 radical (unpaired) electrons. The molecule has 0 spiro atoms. The molecule has 1 aromatic carbocycles. The Hall–Kier alpha value is -2.15. The van der Waals surface area contributed by atoms with Crippen LogP contribution in [0.5, 0.6) is 11.5 Å². The normalized spacial score (nSPS) is 10.0. The number of carbonyl (C=O) groups excluding carboxylic acids is 1. The van der Waals surface area contributed by atoms with Crippen molar-refractivity contribution >= 4 is 29.3 Å². The molecule has 0 aromatic heterocycles. The Morgan fingerprint density at radius 3 is 2.38 bits per heavy atom. The second kappa shape index (κ2) is 6.53. The lowest BCUT2D eigenvalue weighted by molar-refractivity contribution is -0.471. The van der Waals surface area contributed by atoms with E-state index in [0.29, 0.717) is 11.5 Å². The number of phenolic OH excluding ortho intramolecular Hbond substituents is 2. The van der Waals surface area contributed by atoms with Crippen LogP contribution in [-0.2, 0) is 0 Å². The molecule has 1 rings (SSSR count). The zero-order chi connectivity index (χ0) is 16.3. The number of nitrogens with zero attached hydrogens (tertiary/aromatic N) is 2. The van der Waals surface area contributed by atoms with Gasteiger partial charge < -0.3 is 10.2 Å². The molecule has 4 N–H and O–H groups in total. The lowest BCUT2D eigenvalue weighted by atomic mass is 10.1.